The van der Waals surface area contributed by atoms with Gasteiger partial charge in [-0.1, -0.05) is 0 Å². The second-order valence-electron chi connectivity index (χ2n) is 3.22. The molecule has 0 saturated heterocycles. The van der Waals surface area contributed by atoms with Crippen molar-refractivity contribution in [2.75, 3.05) is 5.73 Å². The van der Waals surface area contributed by atoms with E-state index in [9.17, 15) is 4.79 Å². The Bertz CT molecular complexity index is 530. The zero-order valence-corrected chi connectivity index (χ0v) is 8.19. The van der Waals surface area contributed by atoms with Gasteiger partial charge in [0.2, 0.25) is 0 Å². The lowest BCUT2D eigenvalue weighted by Crippen LogP contribution is -2.12. The molecule has 0 bridgehead atoms. The highest BCUT2D eigenvalue weighted by molar-refractivity contribution is 5.57. The molecule has 0 atom stereocenters. The lowest BCUT2D eigenvalue weighted by molar-refractivity contribution is 1.07. The summed E-state index contributed by atoms with van der Waals surface area (Å²) in [6, 6.07) is 3.35. The second-order valence-corrected chi connectivity index (χ2v) is 3.22. The van der Waals surface area contributed by atoms with Crippen molar-refractivity contribution in [1.82, 2.24) is 15.0 Å². The van der Waals surface area contributed by atoms with Crippen molar-refractivity contribution in [2.45, 2.75) is 6.92 Å². The summed E-state index contributed by atoms with van der Waals surface area (Å²) in [5.74, 6) is 0.419. The number of hydrogen-bond donors (Lipinski definition) is 2. The first-order valence-corrected chi connectivity index (χ1v) is 4.44. The van der Waals surface area contributed by atoms with Crippen LogP contribution < -0.4 is 11.3 Å². The topological polar surface area (TPSA) is 84.7 Å². The number of nitrogens with two attached hydrogens (primary N) is 1. The number of nitrogens with zero attached hydrogens (tertiary/aromatic N) is 2. The van der Waals surface area contributed by atoms with Crippen molar-refractivity contribution < 1.29 is 0 Å². The minimum absolute atomic E-state index is 0.221. The Hall–Kier alpha value is -2.17. The van der Waals surface area contributed by atoms with E-state index in [1.807, 2.05) is 0 Å². The summed E-state index contributed by atoms with van der Waals surface area (Å²) in [5, 5.41) is 0. The van der Waals surface area contributed by atoms with E-state index < -0.39 is 0 Å². The zero-order valence-electron chi connectivity index (χ0n) is 8.19. The van der Waals surface area contributed by atoms with Gasteiger partial charge in [0.1, 0.15) is 11.5 Å². The molecule has 0 spiro atoms. The molecule has 2 heterocycles. The number of aromatic nitrogens is 3. The summed E-state index contributed by atoms with van der Waals surface area (Å²) < 4.78 is 0. The molecule has 15 heavy (non-hydrogen) atoms. The molecule has 2 aromatic rings. The van der Waals surface area contributed by atoms with Gasteiger partial charge in [-0.3, -0.25) is 4.79 Å². The van der Waals surface area contributed by atoms with Gasteiger partial charge in [0.05, 0.1) is 0 Å². The summed E-state index contributed by atoms with van der Waals surface area (Å²) >= 11 is 0. The van der Waals surface area contributed by atoms with Gasteiger partial charge in [0, 0.05) is 23.7 Å². The smallest absolute Gasteiger partial charge is 0.274 e. The summed E-state index contributed by atoms with van der Waals surface area (Å²) in [7, 11) is 0. The van der Waals surface area contributed by atoms with E-state index in [1.165, 1.54) is 6.20 Å². The van der Waals surface area contributed by atoms with Crippen LogP contribution in [0.15, 0.2) is 29.3 Å². The van der Waals surface area contributed by atoms with Crippen LogP contribution in [0.2, 0.25) is 0 Å². The summed E-state index contributed by atoms with van der Waals surface area (Å²) in [6.07, 6.45) is 3.13. The highest BCUT2D eigenvalue weighted by Gasteiger charge is 2.04. The molecule has 0 aromatic carbocycles. The molecule has 0 radical (unpaired) electrons. The number of nitrogens with one attached hydrogen (secondary N) is 1. The molecule has 0 saturated carbocycles. The molecule has 0 fully saturated rings. The van der Waals surface area contributed by atoms with Crippen LogP contribution in [-0.2, 0) is 0 Å². The largest absolute Gasteiger partial charge is 0.384 e. The quantitative estimate of drug-likeness (QED) is 0.713. The molecule has 0 unspecified atom stereocenters. The fourth-order valence-electron chi connectivity index (χ4n) is 1.24. The van der Waals surface area contributed by atoms with Crippen molar-refractivity contribution in [3.05, 3.63) is 40.6 Å². The van der Waals surface area contributed by atoms with Crippen LogP contribution in [0.25, 0.3) is 11.3 Å². The Morgan fingerprint density at radius 3 is 2.67 bits per heavy atom. The molecule has 0 aliphatic carbocycles. The third-order valence-electron chi connectivity index (χ3n) is 1.97. The van der Waals surface area contributed by atoms with E-state index in [2.05, 4.69) is 15.0 Å². The molecule has 76 valence electrons. The minimum atomic E-state index is -0.221. The zero-order chi connectivity index (χ0) is 10.8. The molecule has 0 amide bonds. The fourth-order valence-corrected chi connectivity index (χ4v) is 1.24. The molecule has 5 nitrogen and oxygen atoms in total. The summed E-state index contributed by atoms with van der Waals surface area (Å²) in [5.41, 5.74) is 6.97. The van der Waals surface area contributed by atoms with Gasteiger partial charge in [-0.25, -0.2) is 9.97 Å². The standard InChI is InChI=1S/C10H10N4O/c1-6-4-13-9(10(15)14-6)7-2-3-8(11)12-5-7/h2-5H,1H3,(H2,11,12)(H,14,15). The molecule has 2 aromatic heterocycles. The molecule has 0 aliphatic heterocycles. The highest BCUT2D eigenvalue weighted by atomic mass is 16.1. The average Bonchev–Trinajstić information content (AvgIpc) is 2.20. The molecular weight excluding hydrogens is 192 g/mol. The Morgan fingerprint density at radius 1 is 1.27 bits per heavy atom. The van der Waals surface area contributed by atoms with E-state index in [0.717, 1.165) is 5.69 Å². The van der Waals surface area contributed by atoms with Crippen LogP contribution in [0.1, 0.15) is 5.69 Å². The van der Waals surface area contributed by atoms with E-state index in [4.69, 9.17) is 5.73 Å². The third-order valence-corrected chi connectivity index (χ3v) is 1.97. The van der Waals surface area contributed by atoms with Gasteiger partial charge in [-0.15, -0.1) is 0 Å². The predicted octanol–water partition coefficient (Wildman–Crippen LogP) is 0.723. The predicted molar refractivity (Wildman–Crippen MR) is 57.2 cm³/mol. The summed E-state index contributed by atoms with van der Waals surface area (Å²) in [4.78, 5) is 22.2. The minimum Gasteiger partial charge on any atom is -0.384 e. The number of hydrogen-bond acceptors (Lipinski definition) is 4. The maximum Gasteiger partial charge on any atom is 0.274 e. The monoisotopic (exact) mass is 202 g/mol. The van der Waals surface area contributed by atoms with Crippen LogP contribution in [0.5, 0.6) is 0 Å². The Labute approximate surface area is 86.0 Å². The van der Waals surface area contributed by atoms with Gasteiger partial charge in [0.15, 0.2) is 0 Å². The molecule has 3 N–H and O–H groups in total. The van der Waals surface area contributed by atoms with Crippen molar-refractivity contribution in [1.29, 1.82) is 0 Å². The Balaban J connectivity index is 2.55. The number of aryl methyl sites for hydroxylation is 1. The summed E-state index contributed by atoms with van der Waals surface area (Å²) in [6.45, 7) is 1.78. The van der Waals surface area contributed by atoms with Gasteiger partial charge >= 0.3 is 0 Å². The first-order valence-electron chi connectivity index (χ1n) is 4.44. The molecule has 5 heteroatoms. The third kappa shape index (κ3) is 1.85. The van der Waals surface area contributed by atoms with E-state index in [-0.39, 0.29) is 5.56 Å². The molecule has 2 rings (SSSR count). The Morgan fingerprint density at radius 2 is 2.07 bits per heavy atom. The average molecular weight is 202 g/mol. The van der Waals surface area contributed by atoms with Crippen molar-refractivity contribution >= 4 is 5.82 Å². The van der Waals surface area contributed by atoms with Crippen LogP contribution in [0.4, 0.5) is 5.82 Å². The first-order chi connectivity index (χ1) is 7.16. The van der Waals surface area contributed by atoms with Crippen molar-refractivity contribution in [3.8, 4) is 11.3 Å². The van der Waals surface area contributed by atoms with Crippen LogP contribution in [-0.4, -0.2) is 15.0 Å². The highest BCUT2D eigenvalue weighted by Crippen LogP contribution is 2.11. The first kappa shape index (κ1) is 9.39. The Kier molecular flexibility index (Phi) is 2.21. The molecule has 0 aliphatic rings. The second kappa shape index (κ2) is 3.53. The van der Waals surface area contributed by atoms with Crippen molar-refractivity contribution in [2.24, 2.45) is 0 Å². The van der Waals surface area contributed by atoms with Crippen molar-refractivity contribution in [3.63, 3.8) is 0 Å². The van der Waals surface area contributed by atoms with Crippen LogP contribution >= 0.6 is 0 Å². The lowest BCUT2D eigenvalue weighted by atomic mass is 10.2. The number of H-pyrrole nitrogens is 1. The normalized spacial score (nSPS) is 10.2. The fraction of sp³-hybridized carbons (Fsp3) is 0.100. The van der Waals surface area contributed by atoms with Crippen LogP contribution in [0.3, 0.4) is 0 Å². The van der Waals surface area contributed by atoms with Crippen LogP contribution in [0, 0.1) is 6.92 Å². The molecular formula is C10H10N4O. The van der Waals surface area contributed by atoms with Gasteiger partial charge in [-0.2, -0.15) is 0 Å². The lowest BCUT2D eigenvalue weighted by Gasteiger charge is -2.00. The maximum absolute atomic E-state index is 11.5. The number of nitrogen functional groups attached to an aromatic ring is 1. The maximum atomic E-state index is 11.5. The number of aromatic amines is 1. The number of pyridine rings is 1. The number of rotatable bonds is 1. The van der Waals surface area contributed by atoms with E-state index in [0.29, 0.717) is 17.1 Å². The van der Waals surface area contributed by atoms with Gasteiger partial charge in [-0.05, 0) is 19.1 Å². The van der Waals surface area contributed by atoms with Gasteiger partial charge < -0.3 is 10.7 Å². The van der Waals surface area contributed by atoms with E-state index in [1.54, 1.807) is 25.3 Å². The van der Waals surface area contributed by atoms with Gasteiger partial charge in [0.25, 0.3) is 5.56 Å². The van der Waals surface area contributed by atoms with E-state index >= 15 is 0 Å². The SMILES string of the molecule is Cc1cnc(-c2ccc(N)nc2)c(=O)[nH]1. The number of anilines is 1.